The Bertz CT molecular complexity index is 911. The number of hydrogen-bond acceptors (Lipinski definition) is 4. The lowest BCUT2D eigenvalue weighted by Crippen LogP contribution is -2.62. The van der Waals surface area contributed by atoms with Crippen LogP contribution in [0, 0.1) is 5.82 Å². The van der Waals surface area contributed by atoms with E-state index < -0.39 is 5.54 Å². The summed E-state index contributed by atoms with van der Waals surface area (Å²) in [6.45, 7) is 3.55. The summed E-state index contributed by atoms with van der Waals surface area (Å²) >= 11 is 0. The van der Waals surface area contributed by atoms with Crippen LogP contribution >= 0.6 is 0 Å². The van der Waals surface area contributed by atoms with Gasteiger partial charge >= 0.3 is 0 Å². The Morgan fingerprint density at radius 1 is 1.15 bits per heavy atom. The minimum Gasteiger partial charge on any atom is -0.454 e. The summed E-state index contributed by atoms with van der Waals surface area (Å²) in [7, 11) is 0. The molecule has 2 aliphatic rings. The molecule has 140 valence electrons. The van der Waals surface area contributed by atoms with Gasteiger partial charge in [-0.05, 0) is 43.7 Å². The fraction of sp³-hybridized carbons (Fsp3) is 0.300. The molecule has 0 aliphatic carbocycles. The highest BCUT2D eigenvalue weighted by atomic mass is 19.1. The van der Waals surface area contributed by atoms with Crippen LogP contribution in [0.3, 0.4) is 0 Å². The molecule has 1 fully saturated rings. The quantitative estimate of drug-likeness (QED) is 0.839. The molecule has 1 atom stereocenters. The number of nitrogens with zero attached hydrogens (tertiary/aromatic N) is 1. The van der Waals surface area contributed by atoms with Crippen molar-refractivity contribution in [2.75, 3.05) is 12.1 Å². The van der Waals surface area contributed by atoms with Crippen LogP contribution in [-0.2, 0) is 9.59 Å². The zero-order valence-electron chi connectivity index (χ0n) is 15.0. The number of amides is 2. The monoisotopic (exact) mass is 370 g/mol. The van der Waals surface area contributed by atoms with Gasteiger partial charge in [0.2, 0.25) is 18.6 Å². The molecule has 2 heterocycles. The maximum absolute atomic E-state index is 13.2. The van der Waals surface area contributed by atoms with E-state index in [9.17, 15) is 14.0 Å². The lowest BCUT2D eigenvalue weighted by atomic mass is 9.86. The number of benzene rings is 2. The largest absolute Gasteiger partial charge is 0.454 e. The molecule has 0 bridgehead atoms. The van der Waals surface area contributed by atoms with Crippen molar-refractivity contribution in [1.82, 2.24) is 4.90 Å². The second-order valence-corrected chi connectivity index (χ2v) is 7.12. The number of anilines is 1. The van der Waals surface area contributed by atoms with Crippen LogP contribution < -0.4 is 14.8 Å². The third kappa shape index (κ3) is 2.99. The molecule has 0 saturated carbocycles. The Balaban J connectivity index is 1.53. The van der Waals surface area contributed by atoms with Crippen LogP contribution in [0.4, 0.5) is 10.1 Å². The van der Waals surface area contributed by atoms with Crippen molar-refractivity contribution < 1.29 is 23.5 Å². The molecule has 1 N–H and O–H groups in total. The molecule has 2 aromatic carbocycles. The molecule has 1 saturated heterocycles. The maximum atomic E-state index is 13.2. The van der Waals surface area contributed by atoms with Gasteiger partial charge in [0.1, 0.15) is 11.4 Å². The number of carbonyl (C=O) groups is 2. The Morgan fingerprint density at radius 2 is 1.85 bits per heavy atom. The zero-order valence-corrected chi connectivity index (χ0v) is 15.0. The van der Waals surface area contributed by atoms with E-state index in [0.29, 0.717) is 23.6 Å². The van der Waals surface area contributed by atoms with E-state index in [1.807, 2.05) is 0 Å². The number of fused-ring (bicyclic) bond motifs is 1. The normalized spacial score (nSPS) is 18.3. The minimum absolute atomic E-state index is 0.116. The molecule has 2 amide bonds. The Kier molecular flexibility index (Phi) is 4.02. The first kappa shape index (κ1) is 17.3. The molecule has 27 heavy (non-hydrogen) atoms. The summed E-state index contributed by atoms with van der Waals surface area (Å²) in [6, 6.07) is 10.9. The number of halogens is 1. The Morgan fingerprint density at radius 3 is 2.56 bits per heavy atom. The van der Waals surface area contributed by atoms with Crippen LogP contribution in [0.5, 0.6) is 11.5 Å². The molecule has 1 unspecified atom stereocenters. The van der Waals surface area contributed by atoms with Gasteiger partial charge in [-0.2, -0.15) is 0 Å². The topological polar surface area (TPSA) is 67.9 Å². The number of β-lactam (4-membered cyclic amide) rings is 1. The van der Waals surface area contributed by atoms with Gasteiger partial charge in [0.05, 0.1) is 12.5 Å². The van der Waals surface area contributed by atoms with Crippen LogP contribution in [0.1, 0.15) is 31.9 Å². The number of nitrogens with one attached hydrogen (secondary N) is 1. The molecule has 2 aliphatic heterocycles. The van der Waals surface area contributed by atoms with Crippen LogP contribution in [-0.4, -0.2) is 29.0 Å². The van der Waals surface area contributed by atoms with Gasteiger partial charge in [-0.3, -0.25) is 9.59 Å². The first-order chi connectivity index (χ1) is 12.9. The second kappa shape index (κ2) is 6.26. The molecule has 0 radical (unpaired) electrons. The zero-order chi connectivity index (χ0) is 19.2. The molecule has 7 heteroatoms. The van der Waals surface area contributed by atoms with Crippen LogP contribution in [0.2, 0.25) is 0 Å². The summed E-state index contributed by atoms with van der Waals surface area (Å²) in [6.07, 6.45) is 0.298. The van der Waals surface area contributed by atoms with Crippen molar-refractivity contribution in [3.63, 3.8) is 0 Å². The summed E-state index contributed by atoms with van der Waals surface area (Å²) in [5, 5.41) is 2.83. The standard InChI is InChI=1S/C20H19FN2O4/c1-20(2,19(25)22-14-7-8-16-17(9-14)27-11-26-16)23-15(10-18(23)24)12-3-5-13(21)6-4-12/h3-9,15H,10-11H2,1-2H3,(H,22,25). The minimum atomic E-state index is -1.08. The van der Waals surface area contributed by atoms with Gasteiger partial charge < -0.3 is 19.7 Å². The highest BCUT2D eigenvalue weighted by Gasteiger charge is 2.49. The number of ether oxygens (including phenoxy) is 2. The summed E-state index contributed by atoms with van der Waals surface area (Å²) in [4.78, 5) is 26.7. The van der Waals surface area contributed by atoms with Crippen molar-refractivity contribution in [3.05, 3.63) is 53.8 Å². The fourth-order valence-electron chi connectivity index (χ4n) is 3.44. The summed E-state index contributed by atoms with van der Waals surface area (Å²) < 4.78 is 23.8. The highest BCUT2D eigenvalue weighted by Crippen LogP contribution is 2.41. The van der Waals surface area contributed by atoms with Crippen molar-refractivity contribution in [2.24, 2.45) is 0 Å². The number of hydrogen-bond donors (Lipinski definition) is 1. The molecular weight excluding hydrogens is 351 g/mol. The SMILES string of the molecule is CC(C)(C(=O)Nc1ccc2c(c1)OCO2)N1C(=O)CC1c1ccc(F)cc1. The van der Waals surface area contributed by atoms with E-state index in [-0.39, 0.29) is 30.5 Å². The van der Waals surface area contributed by atoms with Crippen LogP contribution in [0.15, 0.2) is 42.5 Å². The average Bonchev–Trinajstić information content (AvgIpc) is 3.08. The first-order valence-electron chi connectivity index (χ1n) is 8.65. The van der Waals surface area contributed by atoms with Crippen molar-refractivity contribution in [2.45, 2.75) is 31.8 Å². The van der Waals surface area contributed by atoms with E-state index in [1.54, 1.807) is 49.1 Å². The van der Waals surface area contributed by atoms with E-state index in [1.165, 1.54) is 12.1 Å². The van der Waals surface area contributed by atoms with Gasteiger partial charge in [0.15, 0.2) is 11.5 Å². The maximum Gasteiger partial charge on any atom is 0.249 e. The van der Waals surface area contributed by atoms with Gasteiger partial charge in [0.25, 0.3) is 0 Å². The molecule has 0 aromatic heterocycles. The Labute approximate surface area is 155 Å². The van der Waals surface area contributed by atoms with E-state index >= 15 is 0 Å². The number of rotatable bonds is 4. The van der Waals surface area contributed by atoms with E-state index in [4.69, 9.17) is 9.47 Å². The van der Waals surface area contributed by atoms with Crippen molar-refractivity contribution in [1.29, 1.82) is 0 Å². The lowest BCUT2D eigenvalue weighted by Gasteiger charge is -2.49. The molecule has 2 aromatic rings. The molecule has 6 nitrogen and oxygen atoms in total. The number of carbonyl (C=O) groups excluding carboxylic acids is 2. The third-order valence-corrected chi connectivity index (χ3v) is 4.99. The second-order valence-electron chi connectivity index (χ2n) is 7.12. The first-order valence-corrected chi connectivity index (χ1v) is 8.65. The van der Waals surface area contributed by atoms with Gasteiger partial charge in [-0.25, -0.2) is 4.39 Å². The number of likely N-dealkylation sites (tertiary alicyclic amines) is 1. The lowest BCUT2D eigenvalue weighted by molar-refractivity contribution is -0.160. The van der Waals surface area contributed by atoms with Gasteiger partial charge in [-0.1, -0.05) is 12.1 Å². The van der Waals surface area contributed by atoms with Gasteiger partial charge in [-0.15, -0.1) is 0 Å². The Hall–Kier alpha value is -3.09. The van der Waals surface area contributed by atoms with E-state index in [2.05, 4.69) is 5.32 Å². The highest BCUT2D eigenvalue weighted by molar-refractivity contribution is 6.01. The summed E-state index contributed by atoms with van der Waals surface area (Å²) in [5.41, 5.74) is 0.286. The molecule has 4 rings (SSSR count). The molecule has 0 spiro atoms. The smallest absolute Gasteiger partial charge is 0.249 e. The van der Waals surface area contributed by atoms with Crippen LogP contribution in [0.25, 0.3) is 0 Å². The predicted octanol–water partition coefficient (Wildman–Crippen LogP) is 3.25. The summed E-state index contributed by atoms with van der Waals surface area (Å²) in [5.74, 6) is 0.420. The van der Waals surface area contributed by atoms with E-state index in [0.717, 1.165) is 5.56 Å². The molecular formula is C20H19FN2O4. The van der Waals surface area contributed by atoms with Crippen molar-refractivity contribution in [3.8, 4) is 11.5 Å². The fourth-order valence-corrected chi connectivity index (χ4v) is 3.44. The predicted molar refractivity (Wildman–Crippen MR) is 95.9 cm³/mol. The van der Waals surface area contributed by atoms with Crippen molar-refractivity contribution >= 4 is 17.5 Å². The third-order valence-electron chi connectivity index (χ3n) is 4.99. The average molecular weight is 370 g/mol. The van der Waals surface area contributed by atoms with Gasteiger partial charge in [0, 0.05) is 11.8 Å².